The van der Waals surface area contributed by atoms with Crippen molar-refractivity contribution in [3.63, 3.8) is 0 Å². The highest BCUT2D eigenvalue weighted by Gasteiger charge is 2.19. The average Bonchev–Trinajstić information content (AvgIpc) is 2.17. The van der Waals surface area contributed by atoms with Gasteiger partial charge in [-0.05, 0) is 14.1 Å². The minimum atomic E-state index is -1.44. The van der Waals surface area contributed by atoms with Crippen molar-refractivity contribution in [1.29, 1.82) is 0 Å². The van der Waals surface area contributed by atoms with Crippen molar-refractivity contribution in [2.75, 3.05) is 20.6 Å². The topological polar surface area (TPSA) is 20.3 Å². The number of alkyl halides is 1. The van der Waals surface area contributed by atoms with Crippen molar-refractivity contribution in [3.8, 4) is 0 Å². The third-order valence-electron chi connectivity index (χ3n) is 1.87. The van der Waals surface area contributed by atoms with Crippen LogP contribution in [0.1, 0.15) is 10.4 Å². The summed E-state index contributed by atoms with van der Waals surface area (Å²) >= 11 is 0. The van der Waals surface area contributed by atoms with Crippen LogP contribution in [0.5, 0.6) is 0 Å². The number of hydrogen-bond acceptors (Lipinski definition) is 2. The van der Waals surface area contributed by atoms with Crippen molar-refractivity contribution >= 4 is 5.78 Å². The first-order chi connectivity index (χ1) is 6.61. The van der Waals surface area contributed by atoms with Crippen LogP contribution in [0.3, 0.4) is 0 Å². The molecule has 0 spiro atoms. The van der Waals surface area contributed by atoms with E-state index in [1.54, 1.807) is 49.3 Å². The van der Waals surface area contributed by atoms with E-state index in [4.69, 9.17) is 0 Å². The van der Waals surface area contributed by atoms with Crippen LogP contribution >= 0.6 is 0 Å². The number of carbonyl (C=O) groups is 1. The van der Waals surface area contributed by atoms with Gasteiger partial charge >= 0.3 is 0 Å². The van der Waals surface area contributed by atoms with Gasteiger partial charge in [0.2, 0.25) is 0 Å². The number of ketones is 1. The highest BCUT2D eigenvalue weighted by atomic mass is 19.1. The van der Waals surface area contributed by atoms with Crippen molar-refractivity contribution in [1.82, 2.24) is 4.90 Å². The van der Waals surface area contributed by atoms with E-state index in [0.29, 0.717) is 5.56 Å². The fraction of sp³-hybridized carbons (Fsp3) is 0.364. The molecule has 0 amide bonds. The van der Waals surface area contributed by atoms with E-state index in [2.05, 4.69) is 0 Å². The summed E-state index contributed by atoms with van der Waals surface area (Å²) in [6, 6.07) is 8.52. The molecule has 0 saturated heterocycles. The molecule has 0 saturated carbocycles. The lowest BCUT2D eigenvalue weighted by atomic mass is 10.1. The summed E-state index contributed by atoms with van der Waals surface area (Å²) in [4.78, 5) is 13.1. The van der Waals surface area contributed by atoms with Crippen LogP contribution in [-0.4, -0.2) is 37.5 Å². The molecular formula is C11H14FNO. The third kappa shape index (κ3) is 2.92. The average molecular weight is 195 g/mol. The van der Waals surface area contributed by atoms with Crippen molar-refractivity contribution in [3.05, 3.63) is 35.9 Å². The molecule has 1 atom stereocenters. The molecule has 1 aromatic rings. The molecule has 0 radical (unpaired) electrons. The standard InChI is InChI=1S/C11H14FNO/c1-13(2)8-10(12)11(14)9-6-4-3-5-7-9/h3-7,10H,8H2,1-2H3. The number of benzene rings is 1. The van der Waals surface area contributed by atoms with E-state index < -0.39 is 12.0 Å². The maximum atomic E-state index is 13.3. The molecule has 1 unspecified atom stereocenters. The summed E-state index contributed by atoms with van der Waals surface area (Å²) in [6.45, 7) is 0.133. The summed E-state index contributed by atoms with van der Waals surface area (Å²) in [7, 11) is 3.48. The van der Waals surface area contributed by atoms with Crippen LogP contribution in [0.4, 0.5) is 4.39 Å². The zero-order chi connectivity index (χ0) is 10.6. The Kier molecular flexibility index (Phi) is 3.77. The zero-order valence-corrected chi connectivity index (χ0v) is 8.40. The maximum absolute atomic E-state index is 13.3. The van der Waals surface area contributed by atoms with E-state index >= 15 is 0 Å². The van der Waals surface area contributed by atoms with Gasteiger partial charge in [-0.1, -0.05) is 30.3 Å². The predicted molar refractivity (Wildman–Crippen MR) is 54.2 cm³/mol. The zero-order valence-electron chi connectivity index (χ0n) is 8.40. The molecule has 1 aromatic carbocycles. The maximum Gasteiger partial charge on any atom is 0.198 e. The number of carbonyl (C=O) groups excluding carboxylic acids is 1. The molecule has 3 heteroatoms. The first kappa shape index (κ1) is 10.9. The second kappa shape index (κ2) is 4.86. The lowest BCUT2D eigenvalue weighted by Crippen LogP contribution is -2.29. The van der Waals surface area contributed by atoms with Crippen molar-refractivity contribution in [2.45, 2.75) is 6.17 Å². The summed E-state index contributed by atoms with van der Waals surface area (Å²) in [5.41, 5.74) is 0.432. The number of Topliss-reactive ketones (excluding diaryl/α,β-unsaturated/α-hetero) is 1. The predicted octanol–water partition coefficient (Wildman–Crippen LogP) is 1.77. The summed E-state index contributed by atoms with van der Waals surface area (Å²) in [6.07, 6.45) is -1.44. The molecule has 2 nitrogen and oxygen atoms in total. The number of halogens is 1. The van der Waals surface area contributed by atoms with Gasteiger partial charge < -0.3 is 4.90 Å². The Balaban J connectivity index is 2.66. The molecule has 0 aromatic heterocycles. The molecule has 0 fully saturated rings. The molecule has 76 valence electrons. The van der Waals surface area contributed by atoms with Crippen LogP contribution in [0.25, 0.3) is 0 Å². The minimum absolute atomic E-state index is 0.133. The smallest absolute Gasteiger partial charge is 0.198 e. The van der Waals surface area contributed by atoms with Gasteiger partial charge in [0.25, 0.3) is 0 Å². The molecule has 0 aliphatic rings. The molecule has 1 rings (SSSR count). The lowest BCUT2D eigenvalue weighted by molar-refractivity contribution is 0.0847. The highest BCUT2D eigenvalue weighted by Crippen LogP contribution is 2.06. The van der Waals surface area contributed by atoms with Crippen LogP contribution < -0.4 is 0 Å². The Morgan fingerprint density at radius 1 is 1.36 bits per heavy atom. The van der Waals surface area contributed by atoms with E-state index in [1.165, 1.54) is 0 Å². The summed E-state index contributed by atoms with van der Waals surface area (Å²) < 4.78 is 13.3. The highest BCUT2D eigenvalue weighted by molar-refractivity contribution is 5.99. The van der Waals surface area contributed by atoms with E-state index in [9.17, 15) is 9.18 Å². The Bertz CT molecular complexity index is 297. The first-order valence-corrected chi connectivity index (χ1v) is 4.49. The molecular weight excluding hydrogens is 181 g/mol. The molecule has 0 heterocycles. The van der Waals surface area contributed by atoms with Gasteiger partial charge in [0.15, 0.2) is 12.0 Å². The minimum Gasteiger partial charge on any atom is -0.306 e. The van der Waals surface area contributed by atoms with E-state index in [-0.39, 0.29) is 6.54 Å². The third-order valence-corrected chi connectivity index (χ3v) is 1.87. The van der Waals surface area contributed by atoms with Crippen LogP contribution in [-0.2, 0) is 0 Å². The fourth-order valence-corrected chi connectivity index (χ4v) is 1.19. The van der Waals surface area contributed by atoms with Crippen LogP contribution in [0.15, 0.2) is 30.3 Å². The van der Waals surface area contributed by atoms with Gasteiger partial charge in [-0.3, -0.25) is 4.79 Å². The normalized spacial score (nSPS) is 12.9. The Hall–Kier alpha value is -1.22. The second-order valence-corrected chi connectivity index (χ2v) is 3.46. The fourth-order valence-electron chi connectivity index (χ4n) is 1.19. The second-order valence-electron chi connectivity index (χ2n) is 3.46. The largest absolute Gasteiger partial charge is 0.306 e. The van der Waals surface area contributed by atoms with Gasteiger partial charge in [-0.15, -0.1) is 0 Å². The SMILES string of the molecule is CN(C)CC(F)C(=O)c1ccccc1. The summed E-state index contributed by atoms with van der Waals surface area (Å²) in [5.74, 6) is -0.445. The molecule has 14 heavy (non-hydrogen) atoms. The molecule has 0 aliphatic carbocycles. The monoisotopic (exact) mass is 195 g/mol. The van der Waals surface area contributed by atoms with Gasteiger partial charge in [-0.25, -0.2) is 4.39 Å². The summed E-state index contributed by atoms with van der Waals surface area (Å²) in [5, 5.41) is 0. The molecule has 0 bridgehead atoms. The lowest BCUT2D eigenvalue weighted by Gasteiger charge is -2.12. The van der Waals surface area contributed by atoms with Gasteiger partial charge in [-0.2, -0.15) is 0 Å². The van der Waals surface area contributed by atoms with Gasteiger partial charge in [0, 0.05) is 12.1 Å². The van der Waals surface area contributed by atoms with Gasteiger partial charge in [0.1, 0.15) is 0 Å². The van der Waals surface area contributed by atoms with Crippen LogP contribution in [0, 0.1) is 0 Å². The Morgan fingerprint density at radius 2 is 1.93 bits per heavy atom. The van der Waals surface area contributed by atoms with Crippen molar-refractivity contribution in [2.24, 2.45) is 0 Å². The molecule has 0 aliphatic heterocycles. The Morgan fingerprint density at radius 3 is 2.43 bits per heavy atom. The first-order valence-electron chi connectivity index (χ1n) is 4.49. The van der Waals surface area contributed by atoms with Crippen molar-refractivity contribution < 1.29 is 9.18 Å². The molecule has 0 N–H and O–H groups in total. The van der Waals surface area contributed by atoms with E-state index in [0.717, 1.165) is 0 Å². The number of hydrogen-bond donors (Lipinski definition) is 0. The van der Waals surface area contributed by atoms with Crippen LogP contribution in [0.2, 0.25) is 0 Å². The Labute approximate surface area is 83.3 Å². The van der Waals surface area contributed by atoms with Gasteiger partial charge in [0.05, 0.1) is 0 Å². The number of nitrogens with zero attached hydrogens (tertiary/aromatic N) is 1. The van der Waals surface area contributed by atoms with E-state index in [1.807, 2.05) is 0 Å². The quantitative estimate of drug-likeness (QED) is 0.682. The number of rotatable bonds is 4.